The average Bonchev–Trinajstić information content (AvgIpc) is 2.87. The highest BCUT2D eigenvalue weighted by Crippen LogP contribution is 2.34. The number of methoxy groups -OCH3 is 1. The summed E-state index contributed by atoms with van der Waals surface area (Å²) in [5, 5.41) is 0.973. The number of nitrogens with one attached hydrogen (secondary N) is 1. The number of benzene rings is 1. The molecule has 21 heavy (non-hydrogen) atoms. The van der Waals surface area contributed by atoms with Crippen LogP contribution in [0.25, 0.3) is 10.9 Å². The van der Waals surface area contributed by atoms with Gasteiger partial charge in [-0.3, -0.25) is 0 Å². The van der Waals surface area contributed by atoms with E-state index >= 15 is 0 Å². The van der Waals surface area contributed by atoms with Crippen LogP contribution >= 0.6 is 0 Å². The van der Waals surface area contributed by atoms with Crippen molar-refractivity contribution in [2.45, 2.75) is 20.8 Å². The number of esters is 1. The lowest BCUT2D eigenvalue weighted by atomic mass is 10.2. The Labute approximate surface area is 124 Å². The second kappa shape index (κ2) is 6.52. The van der Waals surface area contributed by atoms with Crippen LogP contribution in [0.1, 0.15) is 31.3 Å². The molecule has 0 fully saturated rings. The number of carbonyl (C=O) groups excluding carboxylic acids is 1. The first-order chi connectivity index (χ1) is 10.2. The quantitative estimate of drug-likeness (QED) is 0.830. The molecule has 5 heteroatoms. The highest BCUT2D eigenvalue weighted by Gasteiger charge is 2.22. The van der Waals surface area contributed by atoms with Crippen molar-refractivity contribution in [3.63, 3.8) is 0 Å². The molecule has 0 aliphatic heterocycles. The number of anilines is 1. The predicted octanol–water partition coefficient (Wildman–Crippen LogP) is 3.20. The number of hydrogen-bond donors (Lipinski definition) is 1. The zero-order chi connectivity index (χ0) is 15.4. The van der Waals surface area contributed by atoms with Gasteiger partial charge in [0.05, 0.1) is 19.4 Å². The van der Waals surface area contributed by atoms with Gasteiger partial charge in [0.25, 0.3) is 0 Å². The normalized spacial score (nSPS) is 10.7. The van der Waals surface area contributed by atoms with Crippen molar-refractivity contribution in [3.05, 3.63) is 23.9 Å². The van der Waals surface area contributed by atoms with Gasteiger partial charge in [0.15, 0.2) is 0 Å². The standard InChI is InChI=1S/C16H22N2O3/c1-5-18(6-2)15-12-10-11(20-4)8-9-13(12)17-14(15)16(19)21-7-3/h8-10,17H,5-7H2,1-4H3. The summed E-state index contributed by atoms with van der Waals surface area (Å²) in [5.41, 5.74) is 2.29. The second-order valence-corrected chi connectivity index (χ2v) is 4.65. The molecule has 2 aromatic rings. The van der Waals surface area contributed by atoms with Crippen molar-refractivity contribution >= 4 is 22.6 Å². The smallest absolute Gasteiger partial charge is 0.356 e. The van der Waals surface area contributed by atoms with Crippen LogP contribution in [-0.2, 0) is 4.74 Å². The SMILES string of the molecule is CCOC(=O)c1[nH]c2ccc(OC)cc2c1N(CC)CC. The lowest BCUT2D eigenvalue weighted by Crippen LogP contribution is -2.24. The highest BCUT2D eigenvalue weighted by molar-refractivity contribution is 6.07. The molecule has 114 valence electrons. The molecule has 0 aliphatic rings. The maximum Gasteiger partial charge on any atom is 0.356 e. The van der Waals surface area contributed by atoms with E-state index in [1.807, 2.05) is 18.2 Å². The van der Waals surface area contributed by atoms with E-state index in [9.17, 15) is 4.79 Å². The van der Waals surface area contributed by atoms with Crippen LogP contribution < -0.4 is 9.64 Å². The van der Waals surface area contributed by atoms with Gasteiger partial charge in [0.1, 0.15) is 11.4 Å². The van der Waals surface area contributed by atoms with Crippen LogP contribution in [0.4, 0.5) is 5.69 Å². The Hall–Kier alpha value is -2.17. The minimum atomic E-state index is -0.324. The number of rotatable bonds is 6. The Kier molecular flexibility index (Phi) is 4.73. The molecule has 1 aromatic heterocycles. The molecule has 0 radical (unpaired) electrons. The molecule has 0 atom stereocenters. The number of hydrogen-bond acceptors (Lipinski definition) is 4. The molecule has 1 aromatic carbocycles. The number of nitrogens with zero attached hydrogens (tertiary/aromatic N) is 1. The van der Waals surface area contributed by atoms with Gasteiger partial charge in [-0.05, 0) is 39.0 Å². The Bertz CT molecular complexity index is 630. The summed E-state index contributed by atoms with van der Waals surface area (Å²) in [6.07, 6.45) is 0. The van der Waals surface area contributed by atoms with Crippen LogP contribution in [0.15, 0.2) is 18.2 Å². The molecular weight excluding hydrogens is 268 g/mol. The first-order valence-electron chi connectivity index (χ1n) is 7.27. The van der Waals surface area contributed by atoms with Crippen molar-refractivity contribution in [1.82, 2.24) is 4.98 Å². The highest BCUT2D eigenvalue weighted by atomic mass is 16.5. The zero-order valence-electron chi connectivity index (χ0n) is 13.0. The third kappa shape index (κ3) is 2.82. The lowest BCUT2D eigenvalue weighted by Gasteiger charge is -2.21. The van der Waals surface area contributed by atoms with Crippen LogP contribution in [0, 0.1) is 0 Å². The number of ether oxygens (including phenoxy) is 2. The van der Waals surface area contributed by atoms with Gasteiger partial charge < -0.3 is 19.4 Å². The number of aromatic amines is 1. The number of carbonyl (C=O) groups is 1. The molecule has 0 amide bonds. The van der Waals surface area contributed by atoms with Gasteiger partial charge in [-0.1, -0.05) is 0 Å². The van der Waals surface area contributed by atoms with E-state index in [1.165, 1.54) is 0 Å². The minimum absolute atomic E-state index is 0.324. The number of aromatic nitrogens is 1. The topological polar surface area (TPSA) is 54.6 Å². The monoisotopic (exact) mass is 290 g/mol. The molecule has 0 aliphatic carbocycles. The summed E-state index contributed by atoms with van der Waals surface area (Å²) in [4.78, 5) is 17.5. The average molecular weight is 290 g/mol. The van der Waals surface area contributed by atoms with Gasteiger partial charge in [0.2, 0.25) is 0 Å². The summed E-state index contributed by atoms with van der Waals surface area (Å²) in [6, 6.07) is 5.74. The molecule has 2 rings (SSSR count). The summed E-state index contributed by atoms with van der Waals surface area (Å²) in [5.74, 6) is 0.444. The molecule has 0 saturated carbocycles. The first kappa shape index (κ1) is 15.2. The largest absolute Gasteiger partial charge is 0.497 e. The lowest BCUT2D eigenvalue weighted by molar-refractivity contribution is 0.0521. The second-order valence-electron chi connectivity index (χ2n) is 4.65. The number of fused-ring (bicyclic) bond motifs is 1. The third-order valence-corrected chi connectivity index (χ3v) is 3.54. The van der Waals surface area contributed by atoms with E-state index in [2.05, 4.69) is 23.7 Å². The fraction of sp³-hybridized carbons (Fsp3) is 0.438. The molecule has 5 nitrogen and oxygen atoms in total. The Morgan fingerprint density at radius 3 is 2.52 bits per heavy atom. The van der Waals surface area contributed by atoms with Gasteiger partial charge in [-0.25, -0.2) is 4.79 Å². The van der Waals surface area contributed by atoms with E-state index < -0.39 is 0 Å². The first-order valence-corrected chi connectivity index (χ1v) is 7.27. The number of H-pyrrole nitrogens is 1. The van der Waals surface area contributed by atoms with Crippen molar-refractivity contribution in [2.75, 3.05) is 31.7 Å². The third-order valence-electron chi connectivity index (χ3n) is 3.54. The van der Waals surface area contributed by atoms with E-state index in [0.717, 1.165) is 35.4 Å². The van der Waals surface area contributed by atoms with Crippen LogP contribution in [0.2, 0.25) is 0 Å². The van der Waals surface area contributed by atoms with Gasteiger partial charge in [-0.2, -0.15) is 0 Å². The molecule has 0 spiro atoms. The van der Waals surface area contributed by atoms with E-state index in [1.54, 1.807) is 14.0 Å². The van der Waals surface area contributed by atoms with E-state index in [-0.39, 0.29) is 5.97 Å². The summed E-state index contributed by atoms with van der Waals surface area (Å²) in [6.45, 7) is 7.92. The minimum Gasteiger partial charge on any atom is -0.497 e. The Morgan fingerprint density at radius 2 is 1.95 bits per heavy atom. The van der Waals surface area contributed by atoms with Crippen LogP contribution in [0.3, 0.4) is 0 Å². The van der Waals surface area contributed by atoms with E-state index in [0.29, 0.717) is 12.3 Å². The van der Waals surface area contributed by atoms with Crippen molar-refractivity contribution < 1.29 is 14.3 Å². The summed E-state index contributed by atoms with van der Waals surface area (Å²) in [7, 11) is 1.64. The fourth-order valence-corrected chi connectivity index (χ4v) is 2.50. The van der Waals surface area contributed by atoms with Crippen molar-refractivity contribution in [1.29, 1.82) is 0 Å². The zero-order valence-corrected chi connectivity index (χ0v) is 13.0. The molecule has 0 saturated heterocycles. The van der Waals surface area contributed by atoms with Gasteiger partial charge in [-0.15, -0.1) is 0 Å². The van der Waals surface area contributed by atoms with E-state index in [4.69, 9.17) is 9.47 Å². The van der Waals surface area contributed by atoms with Crippen molar-refractivity contribution in [3.8, 4) is 5.75 Å². The van der Waals surface area contributed by atoms with Gasteiger partial charge >= 0.3 is 5.97 Å². The van der Waals surface area contributed by atoms with Crippen LogP contribution in [0.5, 0.6) is 5.75 Å². The molecule has 1 N–H and O–H groups in total. The molecule has 1 heterocycles. The summed E-state index contributed by atoms with van der Waals surface area (Å²) >= 11 is 0. The Morgan fingerprint density at radius 1 is 1.24 bits per heavy atom. The predicted molar refractivity (Wildman–Crippen MR) is 84.4 cm³/mol. The maximum atomic E-state index is 12.2. The molecule has 0 bridgehead atoms. The Balaban J connectivity index is 2.66. The summed E-state index contributed by atoms with van der Waals surface area (Å²) < 4.78 is 10.5. The van der Waals surface area contributed by atoms with Gasteiger partial charge in [0, 0.05) is 24.0 Å². The van der Waals surface area contributed by atoms with Crippen molar-refractivity contribution in [2.24, 2.45) is 0 Å². The molecule has 0 unspecified atom stereocenters. The maximum absolute atomic E-state index is 12.2. The van der Waals surface area contributed by atoms with Crippen LogP contribution in [-0.4, -0.2) is 37.8 Å². The fourth-order valence-electron chi connectivity index (χ4n) is 2.50. The molecular formula is C16H22N2O3.